The highest BCUT2D eigenvalue weighted by Gasteiger charge is 2.56. The molecule has 0 bridgehead atoms. The summed E-state index contributed by atoms with van der Waals surface area (Å²) in [5.74, 6) is -0.933. The van der Waals surface area contributed by atoms with Crippen LogP contribution < -0.4 is 5.73 Å². The molecular formula is C8H15NO5. The lowest BCUT2D eigenvalue weighted by molar-refractivity contribution is -0.152. The number of rotatable bonds is 3. The fraction of sp³-hybridized carbons (Fsp3) is 0.875. The third-order valence-corrected chi connectivity index (χ3v) is 2.51. The van der Waals surface area contributed by atoms with Crippen LogP contribution in [0, 0.1) is 0 Å². The minimum absolute atomic E-state index is 0.114. The van der Waals surface area contributed by atoms with Gasteiger partial charge in [-0.05, 0) is 6.42 Å². The van der Waals surface area contributed by atoms with Gasteiger partial charge < -0.3 is 25.8 Å². The third-order valence-electron chi connectivity index (χ3n) is 2.51. The van der Waals surface area contributed by atoms with Gasteiger partial charge >= 0.3 is 0 Å². The second kappa shape index (κ2) is 3.82. The number of nitrogens with two attached hydrogens (primary N) is 1. The maximum Gasteiger partial charge on any atom is 0.252 e. The van der Waals surface area contributed by atoms with Crippen LogP contribution in [0.25, 0.3) is 0 Å². The first-order chi connectivity index (χ1) is 6.99. The molecule has 1 saturated heterocycles. The number of amides is 1. The van der Waals surface area contributed by atoms with Gasteiger partial charge in [-0.1, -0.05) is 6.90 Å². The Morgan fingerprint density at radius 2 is 2.36 bits per heavy atom. The predicted octanol–water partition coefficient (Wildman–Crippen LogP) is -2.27. The highest BCUT2D eigenvalue weighted by Crippen LogP contribution is 2.33. The van der Waals surface area contributed by atoms with Crippen molar-refractivity contribution < 1.29 is 26.2 Å². The number of primary amides is 1. The Morgan fingerprint density at radius 1 is 1.71 bits per heavy atom. The lowest BCUT2D eigenvalue weighted by Gasteiger charge is -2.26. The van der Waals surface area contributed by atoms with E-state index in [1.165, 1.54) is 0 Å². The number of ether oxygens (including phenoxy) is 1. The SMILES string of the molecule is [2H]CCC1(C(N)=O)O[C@H](CO)[C@@H](O)[C@H]1O. The van der Waals surface area contributed by atoms with Crippen LogP contribution in [0.3, 0.4) is 0 Å². The third kappa shape index (κ3) is 1.40. The molecule has 0 spiro atoms. The zero-order valence-electron chi connectivity index (χ0n) is 8.59. The van der Waals surface area contributed by atoms with E-state index in [1.54, 1.807) is 0 Å². The van der Waals surface area contributed by atoms with E-state index in [9.17, 15) is 15.0 Å². The number of carbonyl (C=O) groups excluding carboxylic acids is 1. The molecule has 1 unspecified atom stereocenters. The van der Waals surface area contributed by atoms with E-state index in [1.807, 2.05) is 0 Å². The number of hydrogen-bond acceptors (Lipinski definition) is 5. The van der Waals surface area contributed by atoms with E-state index in [-0.39, 0.29) is 13.3 Å². The van der Waals surface area contributed by atoms with E-state index < -0.39 is 36.4 Å². The lowest BCUT2D eigenvalue weighted by Crippen LogP contribution is -2.52. The Kier molecular flexibility index (Phi) is 2.69. The van der Waals surface area contributed by atoms with Gasteiger partial charge in [0.25, 0.3) is 5.91 Å². The van der Waals surface area contributed by atoms with E-state index >= 15 is 0 Å². The summed E-state index contributed by atoms with van der Waals surface area (Å²) >= 11 is 0. The molecule has 0 aromatic heterocycles. The van der Waals surface area contributed by atoms with E-state index in [0.717, 1.165) is 0 Å². The average Bonchev–Trinajstić information content (AvgIpc) is 2.44. The summed E-state index contributed by atoms with van der Waals surface area (Å²) in [6.07, 6.45) is -4.03. The minimum Gasteiger partial charge on any atom is -0.394 e. The molecule has 6 nitrogen and oxygen atoms in total. The van der Waals surface area contributed by atoms with Gasteiger partial charge in [0.2, 0.25) is 0 Å². The van der Waals surface area contributed by atoms with Crippen LogP contribution in [-0.2, 0) is 9.53 Å². The number of carbonyl (C=O) groups is 1. The van der Waals surface area contributed by atoms with Crippen molar-refractivity contribution >= 4 is 5.91 Å². The van der Waals surface area contributed by atoms with Gasteiger partial charge in [-0.15, -0.1) is 0 Å². The molecule has 5 N–H and O–H groups in total. The Labute approximate surface area is 82.7 Å². The van der Waals surface area contributed by atoms with Crippen molar-refractivity contribution in [1.82, 2.24) is 0 Å². The predicted molar refractivity (Wildman–Crippen MR) is 46.2 cm³/mol. The normalized spacial score (nSPS) is 43.6. The fourth-order valence-electron chi connectivity index (χ4n) is 1.57. The number of aliphatic hydroxyl groups excluding tert-OH is 3. The Morgan fingerprint density at radius 3 is 2.71 bits per heavy atom. The van der Waals surface area contributed by atoms with Gasteiger partial charge in [0.05, 0.1) is 6.61 Å². The zero-order valence-corrected chi connectivity index (χ0v) is 7.59. The summed E-state index contributed by atoms with van der Waals surface area (Å²) in [4.78, 5) is 11.2. The molecule has 0 aromatic rings. The van der Waals surface area contributed by atoms with Crippen molar-refractivity contribution in [1.29, 1.82) is 0 Å². The maximum absolute atomic E-state index is 11.2. The molecule has 0 aromatic carbocycles. The number of aliphatic hydroxyl groups is 3. The van der Waals surface area contributed by atoms with Crippen molar-refractivity contribution in [2.45, 2.75) is 37.2 Å². The topological polar surface area (TPSA) is 113 Å². The molecule has 1 amide bonds. The minimum atomic E-state index is -1.76. The molecule has 1 aliphatic rings. The van der Waals surface area contributed by atoms with E-state index in [2.05, 4.69) is 0 Å². The van der Waals surface area contributed by atoms with E-state index in [0.29, 0.717) is 0 Å². The largest absolute Gasteiger partial charge is 0.394 e. The van der Waals surface area contributed by atoms with Gasteiger partial charge in [-0.25, -0.2) is 0 Å². The van der Waals surface area contributed by atoms with E-state index in [4.69, 9.17) is 16.9 Å². The van der Waals surface area contributed by atoms with Crippen LogP contribution in [0.2, 0.25) is 0 Å². The van der Waals surface area contributed by atoms with Gasteiger partial charge in [-0.2, -0.15) is 0 Å². The highest BCUT2D eigenvalue weighted by atomic mass is 16.6. The van der Waals surface area contributed by atoms with Crippen molar-refractivity contribution in [3.8, 4) is 0 Å². The fourth-order valence-corrected chi connectivity index (χ4v) is 1.57. The Hall–Kier alpha value is -0.690. The standard InChI is InChI=1S/C8H15NO5/c1-2-8(7(9)13)6(12)5(11)4(3-10)14-8/h4-6,10-12H,2-3H2,1H3,(H2,9,13)/t4-,5-,6-,8?/m1/s1/i1D. The summed E-state index contributed by atoms with van der Waals surface area (Å²) in [6.45, 7) is -0.698. The zero-order chi connectivity index (χ0) is 11.6. The Balaban J connectivity index is 2.95. The summed E-state index contributed by atoms with van der Waals surface area (Å²) in [5, 5.41) is 27.9. The molecule has 0 aliphatic carbocycles. The Bertz CT molecular complexity index is 251. The molecule has 1 aliphatic heterocycles. The second-order valence-corrected chi connectivity index (χ2v) is 3.28. The van der Waals surface area contributed by atoms with Crippen LogP contribution in [-0.4, -0.2) is 51.7 Å². The molecule has 6 heteroatoms. The second-order valence-electron chi connectivity index (χ2n) is 3.28. The van der Waals surface area contributed by atoms with Gasteiger partial charge in [-0.3, -0.25) is 4.79 Å². The van der Waals surface area contributed by atoms with Gasteiger partial charge in [0, 0.05) is 1.37 Å². The molecule has 0 radical (unpaired) electrons. The van der Waals surface area contributed by atoms with Crippen molar-refractivity contribution in [2.24, 2.45) is 5.73 Å². The first-order valence-electron chi connectivity index (χ1n) is 4.94. The molecule has 1 rings (SSSR count). The molecular weight excluding hydrogens is 190 g/mol. The molecule has 1 heterocycles. The van der Waals surface area contributed by atoms with Crippen LogP contribution in [0.15, 0.2) is 0 Å². The summed E-state index contributed by atoms with van der Waals surface area (Å²) < 4.78 is 12.1. The van der Waals surface area contributed by atoms with Crippen molar-refractivity contribution in [2.75, 3.05) is 6.61 Å². The van der Waals surface area contributed by atoms with Gasteiger partial charge in [0.15, 0.2) is 5.60 Å². The van der Waals surface area contributed by atoms with Crippen LogP contribution in [0.1, 0.15) is 14.7 Å². The smallest absolute Gasteiger partial charge is 0.252 e. The molecule has 14 heavy (non-hydrogen) atoms. The molecule has 82 valence electrons. The molecule has 4 atom stereocenters. The van der Waals surface area contributed by atoms with Crippen LogP contribution >= 0.6 is 0 Å². The lowest BCUT2D eigenvalue weighted by atomic mass is 9.91. The average molecular weight is 206 g/mol. The van der Waals surface area contributed by atoms with Gasteiger partial charge in [0.1, 0.15) is 18.3 Å². The molecule has 0 saturated carbocycles. The summed E-state index contributed by atoms with van der Waals surface area (Å²) in [6, 6.07) is 0. The van der Waals surface area contributed by atoms with Crippen LogP contribution in [0.4, 0.5) is 0 Å². The first kappa shape index (κ1) is 9.85. The monoisotopic (exact) mass is 206 g/mol. The highest BCUT2D eigenvalue weighted by molar-refractivity contribution is 5.84. The van der Waals surface area contributed by atoms with Crippen molar-refractivity contribution in [3.63, 3.8) is 0 Å². The van der Waals surface area contributed by atoms with Crippen molar-refractivity contribution in [3.05, 3.63) is 0 Å². The maximum atomic E-state index is 11.2. The molecule has 1 fully saturated rings. The quantitative estimate of drug-likeness (QED) is 0.416. The first-order valence-corrected chi connectivity index (χ1v) is 4.23. The summed E-state index contributed by atoms with van der Waals surface area (Å²) in [7, 11) is 0. The number of hydrogen-bond donors (Lipinski definition) is 4. The summed E-state index contributed by atoms with van der Waals surface area (Å²) in [5.41, 5.74) is 3.33. The van der Waals surface area contributed by atoms with Crippen LogP contribution in [0.5, 0.6) is 0 Å².